The van der Waals surface area contributed by atoms with Crippen molar-refractivity contribution in [3.63, 3.8) is 0 Å². The van der Waals surface area contributed by atoms with Crippen LogP contribution in [0.4, 0.5) is 18.9 Å². The van der Waals surface area contributed by atoms with E-state index in [-0.39, 0.29) is 23.2 Å². The molecule has 0 saturated heterocycles. The molecule has 0 aliphatic rings. The molecule has 0 radical (unpaired) electrons. The molecule has 26 heavy (non-hydrogen) atoms. The second-order valence-electron chi connectivity index (χ2n) is 5.19. The lowest BCUT2D eigenvalue weighted by molar-refractivity contribution is 0.102. The number of halogens is 4. The number of hydrogen-bond acceptors (Lipinski definition) is 3. The monoisotopic (exact) mass is 381 g/mol. The number of rotatable bonds is 5. The van der Waals surface area contributed by atoms with E-state index in [1.165, 1.54) is 29.2 Å². The van der Waals surface area contributed by atoms with Gasteiger partial charge >= 0.3 is 0 Å². The van der Waals surface area contributed by atoms with Gasteiger partial charge in [0, 0.05) is 0 Å². The molecule has 5 nitrogen and oxygen atoms in total. The van der Waals surface area contributed by atoms with Crippen molar-refractivity contribution in [1.29, 1.82) is 0 Å². The topological polar surface area (TPSA) is 56.2 Å². The van der Waals surface area contributed by atoms with Crippen molar-refractivity contribution in [3.05, 3.63) is 76.8 Å². The molecule has 0 aliphatic carbocycles. The Balaban J connectivity index is 1.64. The van der Waals surface area contributed by atoms with Gasteiger partial charge in [0.25, 0.3) is 5.91 Å². The molecule has 1 aromatic heterocycles. The zero-order chi connectivity index (χ0) is 18.7. The maximum Gasteiger partial charge on any atom is 0.258 e. The van der Waals surface area contributed by atoms with Gasteiger partial charge < -0.3 is 10.1 Å². The number of hydrogen-bond donors (Lipinski definition) is 1. The molecular weight excluding hydrogens is 371 g/mol. The second kappa shape index (κ2) is 7.49. The van der Waals surface area contributed by atoms with E-state index in [2.05, 4.69) is 10.4 Å². The Kier molecular flexibility index (Phi) is 5.13. The molecule has 3 rings (SSSR count). The minimum atomic E-state index is -0.842. The minimum Gasteiger partial charge on any atom is -0.470 e. The number of amides is 1. The van der Waals surface area contributed by atoms with Crippen LogP contribution >= 0.6 is 11.6 Å². The van der Waals surface area contributed by atoms with Crippen molar-refractivity contribution in [2.75, 3.05) is 5.32 Å². The first-order chi connectivity index (χ1) is 12.4. The molecule has 0 fully saturated rings. The Bertz CT molecular complexity index is 962. The second-order valence-corrected chi connectivity index (χ2v) is 5.60. The average Bonchev–Trinajstić information content (AvgIpc) is 3.03. The van der Waals surface area contributed by atoms with Crippen molar-refractivity contribution in [2.45, 2.75) is 6.73 Å². The summed E-state index contributed by atoms with van der Waals surface area (Å²) in [5.41, 5.74) is -0.167. The van der Waals surface area contributed by atoms with Gasteiger partial charge in [-0.1, -0.05) is 11.6 Å². The van der Waals surface area contributed by atoms with Crippen LogP contribution in [0.25, 0.3) is 0 Å². The van der Waals surface area contributed by atoms with Gasteiger partial charge in [-0.05, 0) is 36.4 Å². The molecule has 0 saturated carbocycles. The van der Waals surface area contributed by atoms with E-state index in [1.807, 2.05) is 0 Å². The van der Waals surface area contributed by atoms with Gasteiger partial charge in [-0.2, -0.15) is 5.10 Å². The maximum absolute atomic E-state index is 13.6. The number of aromatic nitrogens is 2. The van der Waals surface area contributed by atoms with E-state index in [1.54, 1.807) is 0 Å². The lowest BCUT2D eigenvalue weighted by Gasteiger charge is -2.07. The number of anilines is 1. The third-order valence-corrected chi connectivity index (χ3v) is 3.61. The van der Waals surface area contributed by atoms with Crippen LogP contribution in [0.3, 0.4) is 0 Å². The Morgan fingerprint density at radius 3 is 2.65 bits per heavy atom. The fraction of sp³-hybridized carbons (Fsp3) is 0.0588. The van der Waals surface area contributed by atoms with E-state index in [0.717, 1.165) is 24.3 Å². The standard InChI is InChI=1S/C17H11ClF3N3O2/c18-14-6-11(20)2-4-16(14)26-9-24-8-12(7-22-24)23-17(25)13-5-10(19)1-3-15(13)21/h1-8H,9H2,(H,23,25). The summed E-state index contributed by atoms with van der Waals surface area (Å²) in [6.07, 6.45) is 2.73. The van der Waals surface area contributed by atoms with Gasteiger partial charge in [0.1, 0.15) is 23.2 Å². The highest BCUT2D eigenvalue weighted by Gasteiger charge is 2.14. The molecule has 1 heterocycles. The zero-order valence-electron chi connectivity index (χ0n) is 13.0. The Morgan fingerprint density at radius 2 is 1.88 bits per heavy atom. The van der Waals surface area contributed by atoms with Gasteiger partial charge in [-0.3, -0.25) is 4.79 Å². The van der Waals surface area contributed by atoms with Crippen molar-refractivity contribution < 1.29 is 22.7 Å². The molecule has 0 spiro atoms. The summed E-state index contributed by atoms with van der Waals surface area (Å²) in [6, 6.07) is 6.27. The third kappa shape index (κ3) is 4.15. The smallest absolute Gasteiger partial charge is 0.258 e. The third-order valence-electron chi connectivity index (χ3n) is 3.31. The van der Waals surface area contributed by atoms with E-state index in [4.69, 9.17) is 16.3 Å². The molecule has 0 aliphatic heterocycles. The first kappa shape index (κ1) is 17.8. The SMILES string of the molecule is O=C(Nc1cnn(COc2ccc(F)cc2Cl)c1)c1cc(F)ccc1F. The molecule has 2 aromatic carbocycles. The normalized spacial score (nSPS) is 10.6. The van der Waals surface area contributed by atoms with Crippen LogP contribution in [0, 0.1) is 17.5 Å². The van der Waals surface area contributed by atoms with Gasteiger partial charge in [0.2, 0.25) is 0 Å². The quantitative estimate of drug-likeness (QED) is 0.719. The predicted octanol–water partition coefficient (Wildman–Crippen LogP) is 4.24. The molecular formula is C17H11ClF3N3O2. The van der Waals surface area contributed by atoms with Crippen LogP contribution in [-0.2, 0) is 6.73 Å². The first-order valence-corrected chi connectivity index (χ1v) is 7.67. The fourth-order valence-corrected chi connectivity index (χ4v) is 2.32. The van der Waals surface area contributed by atoms with E-state index >= 15 is 0 Å². The van der Waals surface area contributed by atoms with Crippen LogP contribution in [0.15, 0.2) is 48.8 Å². The van der Waals surface area contributed by atoms with Gasteiger partial charge in [-0.15, -0.1) is 0 Å². The predicted molar refractivity (Wildman–Crippen MR) is 88.6 cm³/mol. The summed E-state index contributed by atoms with van der Waals surface area (Å²) < 4.78 is 46.5. The molecule has 0 bridgehead atoms. The van der Waals surface area contributed by atoms with E-state index in [0.29, 0.717) is 0 Å². The van der Waals surface area contributed by atoms with E-state index in [9.17, 15) is 18.0 Å². The number of benzene rings is 2. The van der Waals surface area contributed by atoms with Crippen LogP contribution in [0.2, 0.25) is 5.02 Å². The van der Waals surface area contributed by atoms with Crippen molar-refractivity contribution >= 4 is 23.2 Å². The summed E-state index contributed by atoms with van der Waals surface area (Å²) in [4.78, 5) is 12.0. The number of nitrogens with one attached hydrogen (secondary N) is 1. The lowest BCUT2D eigenvalue weighted by Crippen LogP contribution is -2.13. The van der Waals surface area contributed by atoms with Crippen molar-refractivity contribution in [2.24, 2.45) is 0 Å². The highest BCUT2D eigenvalue weighted by atomic mass is 35.5. The van der Waals surface area contributed by atoms with Gasteiger partial charge in [-0.25, -0.2) is 17.9 Å². The summed E-state index contributed by atoms with van der Waals surface area (Å²) in [7, 11) is 0. The molecule has 1 N–H and O–H groups in total. The summed E-state index contributed by atoms with van der Waals surface area (Å²) in [5.74, 6) is -2.61. The summed E-state index contributed by atoms with van der Waals surface area (Å²) >= 11 is 5.85. The van der Waals surface area contributed by atoms with Gasteiger partial charge in [0.05, 0.1) is 28.7 Å². The molecule has 9 heteroatoms. The Hall–Kier alpha value is -3.00. The first-order valence-electron chi connectivity index (χ1n) is 7.29. The molecule has 1 amide bonds. The van der Waals surface area contributed by atoms with Crippen molar-refractivity contribution in [3.8, 4) is 5.75 Å². The maximum atomic E-state index is 13.6. The minimum absolute atomic E-state index is 0.0600. The summed E-state index contributed by atoms with van der Waals surface area (Å²) in [6.45, 7) is -0.0600. The number of ether oxygens (including phenoxy) is 1. The lowest BCUT2D eigenvalue weighted by atomic mass is 10.2. The van der Waals surface area contributed by atoms with E-state index < -0.39 is 28.9 Å². The average molecular weight is 382 g/mol. The van der Waals surface area contributed by atoms with Crippen LogP contribution in [0.1, 0.15) is 10.4 Å². The number of nitrogens with zero attached hydrogens (tertiary/aromatic N) is 2. The molecule has 3 aromatic rings. The Morgan fingerprint density at radius 1 is 1.15 bits per heavy atom. The molecule has 134 valence electrons. The largest absolute Gasteiger partial charge is 0.470 e. The van der Waals surface area contributed by atoms with Gasteiger partial charge in [0.15, 0.2) is 6.73 Å². The fourth-order valence-electron chi connectivity index (χ4n) is 2.10. The number of carbonyl (C=O) groups is 1. The number of carbonyl (C=O) groups excluding carboxylic acids is 1. The highest BCUT2D eigenvalue weighted by Crippen LogP contribution is 2.25. The highest BCUT2D eigenvalue weighted by molar-refractivity contribution is 6.32. The molecule has 0 unspecified atom stereocenters. The summed E-state index contributed by atoms with van der Waals surface area (Å²) in [5, 5.41) is 6.46. The van der Waals surface area contributed by atoms with Crippen LogP contribution < -0.4 is 10.1 Å². The zero-order valence-corrected chi connectivity index (χ0v) is 13.8. The Labute approximate surface area is 151 Å². The molecule has 0 atom stereocenters. The van der Waals surface area contributed by atoms with Crippen LogP contribution in [0.5, 0.6) is 5.75 Å². The van der Waals surface area contributed by atoms with Crippen molar-refractivity contribution in [1.82, 2.24) is 9.78 Å². The van der Waals surface area contributed by atoms with Crippen LogP contribution in [-0.4, -0.2) is 15.7 Å².